The second-order valence-electron chi connectivity index (χ2n) is 11.7. The highest BCUT2D eigenvalue weighted by Crippen LogP contribution is 2.43. The van der Waals surface area contributed by atoms with Crippen LogP contribution in [0.15, 0.2) is 54.6 Å². The standard InChI is InChI=1S/C34H9B13/c35-22-17-15(14-9-10-5-1-2-6-11(10)12-7-3-4-8-13(12)14)18-20(25(38)31(44)29(42)23(18)36)16(19(17)24(37)30(43)28(22)41)21-26(39)32(45)34(47)33(46)27(21)40/h1-9H. The van der Waals surface area contributed by atoms with E-state index < -0.39 is 0 Å². The van der Waals surface area contributed by atoms with Gasteiger partial charge in [-0.25, -0.2) is 0 Å². The minimum atomic E-state index is 0.00233. The monoisotopic (exact) mass is 560 g/mol. The van der Waals surface area contributed by atoms with Gasteiger partial charge in [0.05, 0.1) is 0 Å². The van der Waals surface area contributed by atoms with E-state index in [9.17, 15) is 0 Å². The second kappa shape index (κ2) is 11.3. The van der Waals surface area contributed by atoms with E-state index in [2.05, 4.69) is 6.07 Å². The molecule has 13 heteroatoms. The molecule has 7 aromatic rings. The third kappa shape index (κ3) is 4.34. The van der Waals surface area contributed by atoms with Crippen LogP contribution in [0.2, 0.25) is 0 Å². The summed E-state index contributed by atoms with van der Waals surface area (Å²) in [6.45, 7) is 0. The topological polar surface area (TPSA) is 0 Å². The predicted molar refractivity (Wildman–Crippen MR) is 217 cm³/mol. The van der Waals surface area contributed by atoms with E-state index in [1.807, 2.05) is 48.5 Å². The fraction of sp³-hybridized carbons (Fsp3) is 0. The Bertz CT molecular complexity index is 2450. The lowest BCUT2D eigenvalue weighted by molar-refractivity contribution is 1.75. The number of hydrogen-bond acceptors (Lipinski definition) is 0. The molecule has 0 fully saturated rings. The van der Waals surface area contributed by atoms with Gasteiger partial charge in [0.2, 0.25) is 0 Å². The van der Waals surface area contributed by atoms with Crippen molar-refractivity contribution in [2.75, 3.05) is 0 Å². The summed E-state index contributed by atoms with van der Waals surface area (Å²) in [4.78, 5) is 0. The van der Waals surface area contributed by atoms with Gasteiger partial charge in [-0.15, -0.1) is 38.2 Å². The smallest absolute Gasteiger partial charge is 0.112 e. The van der Waals surface area contributed by atoms with Crippen LogP contribution < -0.4 is 71.0 Å². The first kappa shape index (κ1) is 32.0. The summed E-state index contributed by atoms with van der Waals surface area (Å²) >= 11 is 0. The molecule has 0 saturated carbocycles. The third-order valence-corrected chi connectivity index (χ3v) is 9.31. The second-order valence-corrected chi connectivity index (χ2v) is 11.7. The molecule has 0 aliphatic rings. The zero-order chi connectivity index (χ0) is 33.8. The van der Waals surface area contributed by atoms with Crippen molar-refractivity contribution in [3.8, 4) is 22.3 Å². The van der Waals surface area contributed by atoms with E-state index >= 15 is 0 Å². The summed E-state index contributed by atoms with van der Waals surface area (Å²) in [5, 5.41) is 5.30. The molecular formula is C34H9B13. The average Bonchev–Trinajstić information content (AvgIpc) is 3.08. The van der Waals surface area contributed by atoms with Crippen molar-refractivity contribution in [2.45, 2.75) is 0 Å². The zero-order valence-electron chi connectivity index (χ0n) is 25.2. The number of hydrogen-bond donors (Lipinski definition) is 0. The maximum absolute atomic E-state index is 6.92. The molecule has 7 rings (SSSR count). The molecule has 0 heterocycles. The lowest BCUT2D eigenvalue weighted by Crippen LogP contribution is -2.55. The summed E-state index contributed by atoms with van der Waals surface area (Å²) in [5.74, 6) is 0. The van der Waals surface area contributed by atoms with E-state index in [1.165, 1.54) is 0 Å². The minimum Gasteiger partial charge on any atom is -0.112 e. The fourth-order valence-electron chi connectivity index (χ4n) is 6.85. The molecule has 26 radical (unpaired) electrons. The van der Waals surface area contributed by atoms with Crippen LogP contribution in [0.25, 0.3) is 65.3 Å². The highest BCUT2D eigenvalue weighted by Gasteiger charge is 2.27. The van der Waals surface area contributed by atoms with Gasteiger partial charge in [-0.2, -0.15) is 0 Å². The Kier molecular flexibility index (Phi) is 7.66. The highest BCUT2D eigenvalue weighted by atomic mass is 14.3. The van der Waals surface area contributed by atoms with E-state index in [-0.39, 0.29) is 82.1 Å². The molecule has 0 amide bonds. The first-order valence-electron chi connectivity index (χ1n) is 14.5. The van der Waals surface area contributed by atoms with Gasteiger partial charge in [0.1, 0.15) is 102 Å². The zero-order valence-corrected chi connectivity index (χ0v) is 25.2. The van der Waals surface area contributed by atoms with Crippen molar-refractivity contribution in [2.24, 2.45) is 0 Å². The summed E-state index contributed by atoms with van der Waals surface area (Å²) in [6.07, 6.45) is 0. The molecule has 0 aliphatic carbocycles. The van der Waals surface area contributed by atoms with Crippen LogP contribution in [-0.4, -0.2) is 102 Å². The van der Waals surface area contributed by atoms with E-state index in [1.54, 1.807) is 0 Å². The quantitative estimate of drug-likeness (QED) is 0.113. The van der Waals surface area contributed by atoms with Gasteiger partial charge >= 0.3 is 0 Å². The Labute approximate surface area is 291 Å². The van der Waals surface area contributed by atoms with Crippen LogP contribution in [0.3, 0.4) is 0 Å². The third-order valence-electron chi connectivity index (χ3n) is 9.31. The van der Waals surface area contributed by atoms with Gasteiger partial charge in [0.25, 0.3) is 0 Å². The highest BCUT2D eigenvalue weighted by molar-refractivity contribution is 6.73. The molecule has 0 atom stereocenters. The summed E-state index contributed by atoms with van der Waals surface area (Å²) in [6, 6.07) is 18.0. The predicted octanol–water partition coefficient (Wildman–Crippen LogP) is -6.05. The first-order valence-corrected chi connectivity index (χ1v) is 14.5. The Morgan fingerprint density at radius 1 is 0.277 bits per heavy atom. The molecule has 47 heavy (non-hydrogen) atoms. The summed E-state index contributed by atoms with van der Waals surface area (Å²) in [5.41, 5.74) is 2.43. The Morgan fingerprint density at radius 2 is 0.617 bits per heavy atom. The minimum absolute atomic E-state index is 0.00233. The van der Waals surface area contributed by atoms with E-state index in [0.29, 0.717) is 27.1 Å². The number of fused-ring (bicyclic) bond motifs is 5. The SMILES string of the molecule is [B]c1c([B])c([B])c(-c2c3c([B])c([B])c([B])c([B])c3c(-c3cc4ccccc4c4ccccc34)c3c([B])c([B])c([B])c([B])c23)c([B])c1[B]. The lowest BCUT2D eigenvalue weighted by Gasteiger charge is -2.31. The number of rotatable bonds is 2. The first-order chi connectivity index (χ1) is 22.3. The summed E-state index contributed by atoms with van der Waals surface area (Å²) < 4.78 is 0. The van der Waals surface area contributed by atoms with Crippen molar-refractivity contribution in [1.82, 2.24) is 0 Å². The molecular weight excluding hydrogens is 549 g/mol. The average molecular weight is 558 g/mol. The van der Waals surface area contributed by atoms with Gasteiger partial charge < -0.3 is 0 Å². The van der Waals surface area contributed by atoms with E-state index in [0.717, 1.165) is 27.1 Å². The van der Waals surface area contributed by atoms with Crippen molar-refractivity contribution >= 4 is 216 Å². The Balaban J connectivity index is 1.92. The molecule has 0 unspecified atom stereocenters. The van der Waals surface area contributed by atoms with Crippen molar-refractivity contribution < 1.29 is 0 Å². The Hall–Kier alpha value is -3.58. The van der Waals surface area contributed by atoms with Crippen molar-refractivity contribution in [1.29, 1.82) is 0 Å². The molecule has 7 aromatic carbocycles. The van der Waals surface area contributed by atoms with Crippen LogP contribution >= 0.6 is 0 Å². The van der Waals surface area contributed by atoms with Gasteiger partial charge in [-0.05, 0) is 71.4 Å². The van der Waals surface area contributed by atoms with Crippen LogP contribution in [0, 0.1) is 0 Å². The summed E-state index contributed by atoms with van der Waals surface area (Å²) in [7, 11) is 86.0. The van der Waals surface area contributed by atoms with Crippen LogP contribution in [0.5, 0.6) is 0 Å². The van der Waals surface area contributed by atoms with Crippen LogP contribution in [-0.2, 0) is 0 Å². The number of benzene rings is 7. The van der Waals surface area contributed by atoms with Crippen LogP contribution in [0.4, 0.5) is 0 Å². The Morgan fingerprint density at radius 3 is 1.09 bits per heavy atom. The van der Waals surface area contributed by atoms with E-state index in [4.69, 9.17) is 102 Å². The van der Waals surface area contributed by atoms with Crippen molar-refractivity contribution in [3.05, 3.63) is 54.6 Å². The van der Waals surface area contributed by atoms with Gasteiger partial charge in [-0.3, -0.25) is 0 Å². The van der Waals surface area contributed by atoms with Gasteiger partial charge in [0, 0.05) is 0 Å². The molecule has 0 aromatic heterocycles. The molecule has 0 nitrogen and oxygen atoms in total. The maximum atomic E-state index is 6.92. The normalized spacial score (nSPS) is 11.7. The lowest BCUT2D eigenvalue weighted by atomic mass is 9.56. The molecule has 0 bridgehead atoms. The largest absolute Gasteiger partial charge is 0.113 e. The van der Waals surface area contributed by atoms with Gasteiger partial charge in [0.15, 0.2) is 0 Å². The molecule has 0 aliphatic heterocycles. The fourth-order valence-corrected chi connectivity index (χ4v) is 6.85. The van der Waals surface area contributed by atoms with Crippen molar-refractivity contribution in [3.63, 3.8) is 0 Å². The molecule has 0 N–H and O–H groups in total. The maximum Gasteiger partial charge on any atom is 0.113 e. The molecule has 0 saturated heterocycles. The molecule has 0 spiro atoms. The van der Waals surface area contributed by atoms with Crippen LogP contribution in [0.1, 0.15) is 0 Å². The molecule has 184 valence electrons. The van der Waals surface area contributed by atoms with Gasteiger partial charge in [-0.1, -0.05) is 81.3 Å².